The van der Waals surface area contributed by atoms with Crippen molar-refractivity contribution in [3.05, 3.63) is 0 Å². The molecule has 0 aliphatic heterocycles. The summed E-state index contributed by atoms with van der Waals surface area (Å²) in [5.74, 6) is 0. The van der Waals surface area contributed by atoms with Crippen molar-refractivity contribution < 1.29 is 84.2 Å². The molecule has 0 amide bonds. The second-order valence-corrected chi connectivity index (χ2v) is 0. The van der Waals surface area contributed by atoms with Gasteiger partial charge in [-0.25, -0.2) is 0 Å². The van der Waals surface area contributed by atoms with Gasteiger partial charge in [0.2, 0.25) is 0 Å². The van der Waals surface area contributed by atoms with E-state index in [9.17, 15) is 0 Å². The Balaban J connectivity index is 0. The molecule has 12 N–H and O–H groups in total. The smallest absolute Gasteiger partial charge is 0.412 e. The first-order valence-corrected chi connectivity index (χ1v) is 0. The van der Waals surface area contributed by atoms with Gasteiger partial charge in [-0.15, -0.1) is 0 Å². The predicted octanol–water partition coefficient (Wildman–Crippen LogP) is -8.32. The van der Waals surface area contributed by atoms with E-state index in [0.717, 1.165) is 0 Å². The van der Waals surface area contributed by atoms with Crippen molar-refractivity contribution in [2.45, 2.75) is 0 Å². The van der Waals surface area contributed by atoms with Gasteiger partial charge in [-0.05, 0) is 0 Å². The zero-order valence-corrected chi connectivity index (χ0v) is 10.1. The van der Waals surface area contributed by atoms with Crippen LogP contribution in [0.25, 0.3) is 0 Å². The zero-order valence-electron chi connectivity index (χ0n) is 4.45. The van der Waals surface area contributed by atoms with Gasteiger partial charge in [-0.1, -0.05) is 0 Å². The third-order valence-corrected chi connectivity index (χ3v) is 0. The molecular weight excluding hydrogens is 257 g/mol. The first-order valence-electron chi connectivity index (χ1n) is 0. The average Bonchev–Trinajstić information content (AvgIpc) is 0. The summed E-state index contributed by atoms with van der Waals surface area (Å²) in [6, 6.07) is 0. The average molecular weight is 269 g/mol. The van der Waals surface area contributed by atoms with Gasteiger partial charge in [-0.3, -0.25) is 0 Å². The third-order valence-electron chi connectivity index (χ3n) is 0. The van der Waals surface area contributed by atoms with Crippen molar-refractivity contribution in [3.63, 3.8) is 0 Å². The van der Waals surface area contributed by atoms with E-state index in [1.54, 1.807) is 0 Å². The fourth-order valence-electron chi connectivity index (χ4n) is 0. The molecule has 53 valence electrons. The standard InChI is InChI=1S/K.6H2O.Sb/h;6*1H2;/q+1;;;;;;;. The molecule has 0 aliphatic rings. The summed E-state index contributed by atoms with van der Waals surface area (Å²) in [5, 5.41) is 0. The van der Waals surface area contributed by atoms with Gasteiger partial charge < -0.3 is 32.9 Å². The minimum absolute atomic E-state index is 0. The minimum Gasteiger partial charge on any atom is -0.412 e. The fraction of sp³-hybridized carbons (Fsp3) is 0. The van der Waals surface area contributed by atoms with Crippen LogP contribution in [0.2, 0.25) is 0 Å². The van der Waals surface area contributed by atoms with Gasteiger partial charge in [0, 0.05) is 24.4 Å². The Labute approximate surface area is 107 Å². The van der Waals surface area contributed by atoms with Crippen LogP contribution in [0.3, 0.4) is 0 Å². The first-order chi connectivity index (χ1) is 0. The van der Waals surface area contributed by atoms with Crippen molar-refractivity contribution in [1.82, 2.24) is 0 Å². The van der Waals surface area contributed by atoms with E-state index >= 15 is 0 Å². The van der Waals surface area contributed by atoms with E-state index in [-0.39, 0.29) is 109 Å². The molecule has 6 nitrogen and oxygen atoms in total. The summed E-state index contributed by atoms with van der Waals surface area (Å²) in [5.41, 5.74) is 0. The summed E-state index contributed by atoms with van der Waals surface area (Å²) in [6.45, 7) is 0. The Hall–Kier alpha value is 2.21. The van der Waals surface area contributed by atoms with E-state index in [4.69, 9.17) is 0 Å². The molecule has 0 aromatic heterocycles. The number of hydrogen-bond acceptors (Lipinski definition) is 0. The molecule has 0 bridgehead atoms. The van der Waals surface area contributed by atoms with Gasteiger partial charge in [0.1, 0.15) is 0 Å². The summed E-state index contributed by atoms with van der Waals surface area (Å²) in [6.07, 6.45) is 0. The van der Waals surface area contributed by atoms with Gasteiger partial charge in [0.25, 0.3) is 0 Å². The van der Waals surface area contributed by atoms with E-state index in [0.29, 0.717) is 0 Å². The molecule has 0 saturated heterocycles. The fourth-order valence-corrected chi connectivity index (χ4v) is 0. The Morgan fingerprint density at radius 3 is 0.375 bits per heavy atom. The van der Waals surface area contributed by atoms with Crippen LogP contribution in [0, 0.1) is 0 Å². The topological polar surface area (TPSA) is 189 Å². The maximum absolute atomic E-state index is 0. The largest absolute Gasteiger partial charge is 1.00 e. The van der Waals surface area contributed by atoms with Crippen LogP contribution in [0.4, 0.5) is 0 Å². The van der Waals surface area contributed by atoms with Crippen LogP contribution in [0.5, 0.6) is 0 Å². The quantitative estimate of drug-likeness (QED) is 0.377. The molecule has 8 heteroatoms. The molecule has 0 unspecified atom stereocenters. The SMILES string of the molecule is O.O.O.O.O.O.[K+].[Sb]. The molecule has 8 heavy (non-hydrogen) atoms. The normalized spacial score (nSPS) is 0. The van der Waals surface area contributed by atoms with E-state index in [1.807, 2.05) is 0 Å². The van der Waals surface area contributed by atoms with Crippen molar-refractivity contribution in [1.29, 1.82) is 0 Å². The third kappa shape index (κ3) is 87.2. The van der Waals surface area contributed by atoms with Crippen LogP contribution < -0.4 is 51.4 Å². The van der Waals surface area contributed by atoms with E-state index in [2.05, 4.69) is 0 Å². The second-order valence-electron chi connectivity index (χ2n) is 0. The van der Waals surface area contributed by atoms with Gasteiger partial charge >= 0.3 is 51.4 Å². The molecule has 0 atom stereocenters. The van der Waals surface area contributed by atoms with Crippen LogP contribution >= 0.6 is 0 Å². The van der Waals surface area contributed by atoms with Crippen LogP contribution in [-0.4, -0.2) is 57.3 Å². The summed E-state index contributed by atoms with van der Waals surface area (Å²) in [4.78, 5) is 0. The van der Waals surface area contributed by atoms with Crippen molar-refractivity contribution in [3.8, 4) is 0 Å². The molecular formula is H12KO6Sb+. The summed E-state index contributed by atoms with van der Waals surface area (Å²) >= 11 is 0. The van der Waals surface area contributed by atoms with Crippen molar-refractivity contribution in [2.75, 3.05) is 0 Å². The molecule has 0 saturated carbocycles. The van der Waals surface area contributed by atoms with Crippen molar-refractivity contribution in [2.24, 2.45) is 0 Å². The maximum Gasteiger partial charge on any atom is 1.00 e. The Morgan fingerprint density at radius 1 is 0.375 bits per heavy atom. The van der Waals surface area contributed by atoms with E-state index < -0.39 is 0 Å². The van der Waals surface area contributed by atoms with Crippen molar-refractivity contribution >= 4 is 24.4 Å². The van der Waals surface area contributed by atoms with Gasteiger partial charge in [-0.2, -0.15) is 0 Å². The zero-order chi connectivity index (χ0) is 0. The monoisotopic (exact) mass is 268 g/mol. The maximum atomic E-state index is 0. The minimum atomic E-state index is 0. The van der Waals surface area contributed by atoms with Gasteiger partial charge in [0.15, 0.2) is 0 Å². The summed E-state index contributed by atoms with van der Waals surface area (Å²) < 4.78 is 0. The Kier molecular flexibility index (Phi) is 2800. The molecule has 0 rings (SSSR count). The summed E-state index contributed by atoms with van der Waals surface area (Å²) in [7, 11) is 0. The predicted molar refractivity (Wildman–Crippen MR) is 27.4 cm³/mol. The molecule has 0 aliphatic carbocycles. The second kappa shape index (κ2) is 127. The first kappa shape index (κ1) is 177. The number of hydrogen-bond donors (Lipinski definition) is 0. The Morgan fingerprint density at radius 2 is 0.375 bits per heavy atom. The molecule has 0 heterocycles. The van der Waals surface area contributed by atoms with Crippen LogP contribution in [0.1, 0.15) is 0 Å². The molecule has 3 radical (unpaired) electrons. The molecule has 0 aromatic rings. The van der Waals surface area contributed by atoms with Crippen LogP contribution in [-0.2, 0) is 0 Å². The Bertz CT molecular complexity index is 8.49. The van der Waals surface area contributed by atoms with Gasteiger partial charge in [0.05, 0.1) is 0 Å². The van der Waals surface area contributed by atoms with Crippen LogP contribution in [0.15, 0.2) is 0 Å². The van der Waals surface area contributed by atoms with E-state index in [1.165, 1.54) is 0 Å². The molecule has 0 aromatic carbocycles. The number of rotatable bonds is 0. The molecule has 0 fully saturated rings. The molecule has 0 spiro atoms.